The van der Waals surface area contributed by atoms with Crippen LogP contribution in [0.1, 0.15) is 15.2 Å². The second-order valence-electron chi connectivity index (χ2n) is 4.40. The van der Waals surface area contributed by atoms with E-state index < -0.39 is 0 Å². The van der Waals surface area contributed by atoms with Gasteiger partial charge in [-0.15, -0.1) is 11.3 Å². The highest BCUT2D eigenvalue weighted by Gasteiger charge is 2.12. The van der Waals surface area contributed by atoms with Crippen LogP contribution in [-0.4, -0.2) is 24.9 Å². The largest absolute Gasteiger partial charge is 0.398 e. The highest BCUT2D eigenvalue weighted by atomic mass is 32.1. The Hall–Kier alpha value is -2.01. The van der Waals surface area contributed by atoms with Crippen LogP contribution in [0, 0.1) is 0 Å². The number of benzene rings is 1. The molecule has 3 N–H and O–H groups in total. The minimum Gasteiger partial charge on any atom is -0.398 e. The van der Waals surface area contributed by atoms with E-state index in [0.717, 1.165) is 16.3 Å². The first-order chi connectivity index (χ1) is 9.09. The number of carbonyl (C=O) groups is 1. The standard InChI is InChI=1S/C14H17N3OS/c1-17(2)14(18)10-5-3-4-6-12(10)16-9-13-11(15)7-8-19-13/h3-8,16H,9,15H2,1-2H3. The molecule has 2 aromatic rings. The summed E-state index contributed by atoms with van der Waals surface area (Å²) in [6.45, 7) is 0.626. The summed E-state index contributed by atoms with van der Waals surface area (Å²) in [5.74, 6) is -0.0118. The lowest BCUT2D eigenvalue weighted by atomic mass is 10.1. The van der Waals surface area contributed by atoms with Crippen LogP contribution >= 0.6 is 11.3 Å². The summed E-state index contributed by atoms with van der Waals surface area (Å²) in [7, 11) is 3.49. The fourth-order valence-electron chi connectivity index (χ4n) is 1.73. The maximum absolute atomic E-state index is 12.1. The van der Waals surface area contributed by atoms with Crippen LogP contribution in [0.25, 0.3) is 0 Å². The fraction of sp³-hybridized carbons (Fsp3) is 0.214. The maximum Gasteiger partial charge on any atom is 0.255 e. The molecule has 1 amide bonds. The third kappa shape index (κ3) is 3.06. The van der Waals surface area contributed by atoms with E-state index in [1.165, 1.54) is 0 Å². The average Bonchev–Trinajstić information content (AvgIpc) is 2.81. The Bertz CT molecular complexity index is 578. The summed E-state index contributed by atoms with van der Waals surface area (Å²) >= 11 is 1.61. The van der Waals surface area contributed by atoms with Gasteiger partial charge in [-0.25, -0.2) is 0 Å². The lowest BCUT2D eigenvalue weighted by Crippen LogP contribution is -2.22. The molecule has 0 saturated carbocycles. The third-order valence-corrected chi connectivity index (χ3v) is 3.72. The molecule has 0 saturated heterocycles. The number of hydrogen-bond acceptors (Lipinski definition) is 4. The van der Waals surface area contributed by atoms with Gasteiger partial charge in [-0.3, -0.25) is 4.79 Å². The van der Waals surface area contributed by atoms with Gasteiger partial charge in [0.05, 0.1) is 12.1 Å². The molecule has 0 aliphatic rings. The smallest absolute Gasteiger partial charge is 0.255 e. The molecule has 0 radical (unpaired) electrons. The average molecular weight is 275 g/mol. The molecular weight excluding hydrogens is 258 g/mol. The third-order valence-electron chi connectivity index (χ3n) is 2.78. The normalized spacial score (nSPS) is 10.2. The molecule has 0 spiro atoms. The first kappa shape index (κ1) is 13.4. The Labute approximate surface area is 116 Å². The summed E-state index contributed by atoms with van der Waals surface area (Å²) in [4.78, 5) is 14.7. The summed E-state index contributed by atoms with van der Waals surface area (Å²) in [6.07, 6.45) is 0. The van der Waals surface area contributed by atoms with Gasteiger partial charge in [0, 0.05) is 30.3 Å². The van der Waals surface area contributed by atoms with Crippen LogP contribution in [0.5, 0.6) is 0 Å². The molecule has 0 unspecified atom stereocenters. The highest BCUT2D eigenvalue weighted by molar-refractivity contribution is 7.10. The van der Waals surface area contributed by atoms with Crippen molar-refractivity contribution in [1.82, 2.24) is 4.90 Å². The predicted octanol–water partition coefficient (Wildman–Crippen LogP) is 2.64. The van der Waals surface area contributed by atoms with Gasteiger partial charge in [-0.1, -0.05) is 12.1 Å². The van der Waals surface area contributed by atoms with E-state index in [1.54, 1.807) is 30.3 Å². The number of thiophene rings is 1. The van der Waals surface area contributed by atoms with E-state index in [0.29, 0.717) is 12.1 Å². The number of nitrogen functional groups attached to an aromatic ring is 1. The Morgan fingerprint density at radius 1 is 1.32 bits per heavy atom. The minimum absolute atomic E-state index is 0.0118. The van der Waals surface area contributed by atoms with E-state index in [9.17, 15) is 4.79 Å². The molecule has 0 atom stereocenters. The molecule has 1 aromatic carbocycles. The lowest BCUT2D eigenvalue weighted by molar-refractivity contribution is 0.0828. The van der Waals surface area contributed by atoms with Gasteiger partial charge in [0.15, 0.2) is 0 Å². The Kier molecular flexibility index (Phi) is 4.06. The van der Waals surface area contributed by atoms with Crippen LogP contribution in [0.15, 0.2) is 35.7 Å². The van der Waals surface area contributed by atoms with Gasteiger partial charge in [0.2, 0.25) is 0 Å². The topological polar surface area (TPSA) is 58.4 Å². The van der Waals surface area contributed by atoms with Gasteiger partial charge in [0.25, 0.3) is 5.91 Å². The van der Waals surface area contributed by atoms with Crippen molar-refractivity contribution in [2.75, 3.05) is 25.1 Å². The van der Waals surface area contributed by atoms with Crippen LogP contribution < -0.4 is 11.1 Å². The number of hydrogen-bond donors (Lipinski definition) is 2. The van der Waals surface area contributed by atoms with Crippen molar-refractivity contribution in [3.63, 3.8) is 0 Å². The number of amides is 1. The molecule has 5 heteroatoms. The highest BCUT2D eigenvalue weighted by Crippen LogP contribution is 2.22. The van der Waals surface area contributed by atoms with E-state index in [4.69, 9.17) is 5.73 Å². The Morgan fingerprint density at radius 3 is 2.68 bits per heavy atom. The Balaban J connectivity index is 2.17. The van der Waals surface area contributed by atoms with Crippen molar-refractivity contribution in [3.8, 4) is 0 Å². The minimum atomic E-state index is -0.0118. The molecule has 0 aliphatic carbocycles. The number of nitrogens with two attached hydrogens (primary N) is 1. The molecule has 0 fully saturated rings. The molecule has 1 aromatic heterocycles. The number of para-hydroxylation sites is 1. The number of nitrogens with one attached hydrogen (secondary N) is 1. The number of anilines is 2. The van der Waals surface area contributed by atoms with Crippen molar-refractivity contribution >= 4 is 28.6 Å². The molecular formula is C14H17N3OS. The number of carbonyl (C=O) groups excluding carboxylic acids is 1. The zero-order chi connectivity index (χ0) is 13.8. The molecule has 100 valence electrons. The van der Waals surface area contributed by atoms with E-state index >= 15 is 0 Å². The fourth-order valence-corrected chi connectivity index (χ4v) is 2.47. The molecule has 1 heterocycles. The molecule has 0 aliphatic heterocycles. The van der Waals surface area contributed by atoms with Crippen LogP contribution in [0.4, 0.5) is 11.4 Å². The van der Waals surface area contributed by atoms with Crippen molar-refractivity contribution in [3.05, 3.63) is 46.2 Å². The summed E-state index contributed by atoms with van der Waals surface area (Å²) in [5.41, 5.74) is 8.13. The molecule has 0 bridgehead atoms. The van der Waals surface area contributed by atoms with Crippen LogP contribution in [0.2, 0.25) is 0 Å². The summed E-state index contributed by atoms with van der Waals surface area (Å²) in [5, 5.41) is 5.24. The van der Waals surface area contributed by atoms with Gasteiger partial charge >= 0.3 is 0 Å². The summed E-state index contributed by atoms with van der Waals surface area (Å²) < 4.78 is 0. The quantitative estimate of drug-likeness (QED) is 0.902. The molecule has 19 heavy (non-hydrogen) atoms. The van der Waals surface area contributed by atoms with Crippen molar-refractivity contribution < 1.29 is 4.79 Å². The molecule has 2 rings (SSSR count). The first-order valence-electron chi connectivity index (χ1n) is 5.96. The monoisotopic (exact) mass is 275 g/mol. The van der Waals surface area contributed by atoms with E-state index in [2.05, 4.69) is 5.32 Å². The predicted molar refractivity (Wildman–Crippen MR) is 80.5 cm³/mol. The van der Waals surface area contributed by atoms with E-state index in [-0.39, 0.29) is 5.91 Å². The van der Waals surface area contributed by atoms with Crippen molar-refractivity contribution in [2.24, 2.45) is 0 Å². The van der Waals surface area contributed by atoms with Crippen molar-refractivity contribution in [2.45, 2.75) is 6.54 Å². The van der Waals surface area contributed by atoms with Crippen LogP contribution in [-0.2, 0) is 6.54 Å². The van der Waals surface area contributed by atoms with Gasteiger partial charge in [0.1, 0.15) is 0 Å². The Morgan fingerprint density at radius 2 is 2.05 bits per heavy atom. The second kappa shape index (κ2) is 5.75. The van der Waals surface area contributed by atoms with Gasteiger partial charge in [-0.05, 0) is 23.6 Å². The van der Waals surface area contributed by atoms with Crippen molar-refractivity contribution in [1.29, 1.82) is 0 Å². The van der Waals surface area contributed by atoms with Crippen LogP contribution in [0.3, 0.4) is 0 Å². The zero-order valence-corrected chi connectivity index (χ0v) is 11.8. The van der Waals surface area contributed by atoms with Gasteiger partial charge < -0.3 is 16.0 Å². The maximum atomic E-state index is 12.1. The SMILES string of the molecule is CN(C)C(=O)c1ccccc1NCc1sccc1N. The number of rotatable bonds is 4. The van der Waals surface area contributed by atoms with E-state index in [1.807, 2.05) is 35.7 Å². The molecule has 4 nitrogen and oxygen atoms in total. The number of nitrogens with zero attached hydrogens (tertiary/aromatic N) is 1. The zero-order valence-electron chi connectivity index (χ0n) is 11.0. The summed E-state index contributed by atoms with van der Waals surface area (Å²) in [6, 6.07) is 9.38. The first-order valence-corrected chi connectivity index (χ1v) is 6.84. The second-order valence-corrected chi connectivity index (χ2v) is 5.40. The lowest BCUT2D eigenvalue weighted by Gasteiger charge is -2.15. The van der Waals surface area contributed by atoms with Gasteiger partial charge in [-0.2, -0.15) is 0 Å².